The van der Waals surface area contributed by atoms with Gasteiger partial charge in [-0.15, -0.1) is 0 Å². The fraction of sp³-hybridized carbons (Fsp3) is 0.138. The van der Waals surface area contributed by atoms with Gasteiger partial charge < -0.3 is 14.6 Å². The minimum Gasteiger partial charge on any atom is -0.439 e. The molecule has 1 aliphatic rings. The Hall–Kier alpha value is -4.22. The summed E-state index contributed by atoms with van der Waals surface area (Å²) in [5.74, 6) is 0.638. The molecule has 0 radical (unpaired) electrons. The first-order chi connectivity index (χ1) is 19.1. The van der Waals surface area contributed by atoms with Crippen LogP contribution in [0.3, 0.4) is 0 Å². The van der Waals surface area contributed by atoms with Crippen molar-refractivity contribution in [2.24, 2.45) is 4.99 Å². The van der Waals surface area contributed by atoms with Gasteiger partial charge in [-0.2, -0.15) is 0 Å². The first kappa shape index (κ1) is 27.4. The van der Waals surface area contributed by atoms with Gasteiger partial charge >= 0.3 is 0 Å². The van der Waals surface area contributed by atoms with Crippen LogP contribution in [-0.2, 0) is 4.79 Å². The van der Waals surface area contributed by atoms with E-state index in [1.54, 1.807) is 0 Å². The number of benzene rings is 2. The monoisotopic (exact) mass is 617 g/mol. The highest BCUT2D eigenvalue weighted by Gasteiger charge is 2.25. The van der Waals surface area contributed by atoms with Crippen molar-refractivity contribution in [1.29, 1.82) is 0 Å². The Labute approximate surface area is 243 Å². The smallest absolute Gasteiger partial charge is 0.287 e. The summed E-state index contributed by atoms with van der Waals surface area (Å²) in [6.45, 7) is 8.04. The van der Waals surface area contributed by atoms with Crippen LogP contribution in [0, 0.1) is 37.8 Å². The molecule has 5 rings (SSSR count). The summed E-state index contributed by atoms with van der Waals surface area (Å²) in [4.78, 5) is 32.2. The maximum absolute atomic E-state index is 12.7. The number of nitro groups is 1. The second-order valence-corrected chi connectivity index (χ2v) is 11.1. The number of nitrogens with one attached hydrogen (secondary N) is 1. The van der Waals surface area contributed by atoms with Crippen molar-refractivity contribution in [3.63, 3.8) is 0 Å². The van der Waals surface area contributed by atoms with Gasteiger partial charge in [-0.05, 0) is 105 Å². The molecule has 0 aliphatic carbocycles. The van der Waals surface area contributed by atoms with Crippen LogP contribution < -0.4 is 10.1 Å². The van der Waals surface area contributed by atoms with Gasteiger partial charge in [0.2, 0.25) is 5.88 Å². The van der Waals surface area contributed by atoms with E-state index < -0.39 is 4.92 Å². The minimum absolute atomic E-state index is 0.0983. The number of aromatic nitrogens is 2. The largest absolute Gasteiger partial charge is 0.439 e. The number of amides is 1. The van der Waals surface area contributed by atoms with E-state index in [4.69, 9.17) is 4.74 Å². The Morgan fingerprint density at radius 1 is 1.07 bits per heavy atom. The van der Waals surface area contributed by atoms with E-state index in [0.29, 0.717) is 15.8 Å². The first-order valence-electron chi connectivity index (χ1n) is 12.2. The molecule has 1 aliphatic heterocycles. The number of carbonyl (C=O) groups excluding carboxylic acids is 1. The fourth-order valence-electron chi connectivity index (χ4n) is 4.38. The van der Waals surface area contributed by atoms with Gasteiger partial charge in [0.1, 0.15) is 11.9 Å². The summed E-state index contributed by atoms with van der Waals surface area (Å²) >= 11 is 4.89. The van der Waals surface area contributed by atoms with Gasteiger partial charge in [-0.25, -0.2) is 9.98 Å². The zero-order valence-corrected chi connectivity index (χ0v) is 24.5. The lowest BCUT2D eigenvalue weighted by atomic mass is 10.1. The summed E-state index contributed by atoms with van der Waals surface area (Å²) in [6.07, 6.45) is 3.05. The van der Waals surface area contributed by atoms with Crippen molar-refractivity contribution in [1.82, 2.24) is 14.9 Å². The third kappa shape index (κ3) is 5.70. The summed E-state index contributed by atoms with van der Waals surface area (Å²) in [5.41, 5.74) is 6.70. The average Bonchev–Trinajstić information content (AvgIpc) is 3.40. The number of carbonyl (C=O) groups is 1. The molecule has 0 saturated carbocycles. The van der Waals surface area contributed by atoms with Crippen molar-refractivity contribution in [3.05, 3.63) is 108 Å². The second kappa shape index (κ2) is 11.1. The lowest BCUT2D eigenvalue weighted by molar-refractivity contribution is -0.385. The standard InChI is InChI=1S/C29H24BrN5O4S/c1-16-11-21(12-17(2)27(16)30)32-29-33-28(36)25(40-29)14-20-13-18(3)34(19(20)4)22-5-8-24(9-6-22)39-26-10-7-23(15-31-26)35(37)38/h5-15H,1-4H3,(H,32,33,36)/b25-14-. The molecule has 1 fully saturated rings. The highest BCUT2D eigenvalue weighted by molar-refractivity contribution is 9.10. The molecule has 3 heterocycles. The lowest BCUT2D eigenvalue weighted by Gasteiger charge is -2.11. The van der Waals surface area contributed by atoms with E-state index in [-0.39, 0.29) is 17.5 Å². The van der Waals surface area contributed by atoms with E-state index in [2.05, 4.69) is 35.8 Å². The molecule has 1 N–H and O–H groups in total. The predicted molar refractivity (Wildman–Crippen MR) is 161 cm³/mol. The molecule has 0 spiro atoms. The number of aryl methyl sites for hydroxylation is 3. The number of aliphatic imine (C=N–C) groups is 1. The summed E-state index contributed by atoms with van der Waals surface area (Å²) in [6, 6.07) is 16.3. The van der Waals surface area contributed by atoms with E-state index in [0.717, 1.165) is 50.1 Å². The van der Waals surface area contributed by atoms with Gasteiger partial charge in [0, 0.05) is 33.7 Å². The molecule has 0 unspecified atom stereocenters. The number of halogens is 1. The van der Waals surface area contributed by atoms with Gasteiger partial charge in [-0.3, -0.25) is 14.9 Å². The summed E-state index contributed by atoms with van der Waals surface area (Å²) < 4.78 is 8.88. The van der Waals surface area contributed by atoms with E-state index in [1.165, 1.54) is 23.9 Å². The topological polar surface area (TPSA) is 112 Å². The fourth-order valence-corrected chi connectivity index (χ4v) is 5.44. The zero-order chi connectivity index (χ0) is 28.6. The zero-order valence-electron chi connectivity index (χ0n) is 22.1. The Kier molecular flexibility index (Phi) is 7.59. The number of hydrogen-bond acceptors (Lipinski definition) is 7. The third-order valence-electron chi connectivity index (χ3n) is 6.31. The average molecular weight is 619 g/mol. The predicted octanol–water partition coefficient (Wildman–Crippen LogP) is 7.46. The van der Waals surface area contributed by atoms with Gasteiger partial charge in [0.05, 0.1) is 15.5 Å². The van der Waals surface area contributed by atoms with Crippen LogP contribution in [-0.4, -0.2) is 25.5 Å². The van der Waals surface area contributed by atoms with E-state index in [9.17, 15) is 14.9 Å². The van der Waals surface area contributed by atoms with Crippen molar-refractivity contribution in [3.8, 4) is 17.3 Å². The van der Waals surface area contributed by atoms with Crippen LogP contribution >= 0.6 is 27.7 Å². The highest BCUT2D eigenvalue weighted by Crippen LogP contribution is 2.33. The number of ether oxygens (including phenoxy) is 1. The normalized spacial score (nSPS) is 15.1. The number of rotatable bonds is 6. The van der Waals surface area contributed by atoms with Crippen LogP contribution in [0.5, 0.6) is 11.6 Å². The summed E-state index contributed by atoms with van der Waals surface area (Å²) in [7, 11) is 0. The second-order valence-electron chi connectivity index (χ2n) is 9.24. The van der Waals surface area contributed by atoms with Crippen molar-refractivity contribution < 1.29 is 14.5 Å². The van der Waals surface area contributed by atoms with E-state index >= 15 is 0 Å². The Morgan fingerprint density at radius 3 is 2.40 bits per heavy atom. The lowest BCUT2D eigenvalue weighted by Crippen LogP contribution is -2.19. The molecule has 40 heavy (non-hydrogen) atoms. The molecule has 2 aromatic carbocycles. The number of thioether (sulfide) groups is 1. The Balaban J connectivity index is 1.34. The van der Waals surface area contributed by atoms with Crippen molar-refractivity contribution >= 4 is 56.2 Å². The van der Waals surface area contributed by atoms with Gasteiger partial charge in [0.15, 0.2) is 5.17 Å². The van der Waals surface area contributed by atoms with Crippen LogP contribution in [0.25, 0.3) is 11.8 Å². The number of pyridine rings is 1. The summed E-state index contributed by atoms with van der Waals surface area (Å²) in [5, 5.41) is 14.2. The quantitative estimate of drug-likeness (QED) is 0.136. The minimum atomic E-state index is -0.507. The molecule has 0 atom stereocenters. The number of amidine groups is 1. The van der Waals surface area contributed by atoms with Crippen LogP contribution in [0.2, 0.25) is 0 Å². The molecule has 1 amide bonds. The maximum Gasteiger partial charge on any atom is 0.287 e. The molecule has 4 aromatic rings. The van der Waals surface area contributed by atoms with Gasteiger partial charge in [-0.1, -0.05) is 15.9 Å². The highest BCUT2D eigenvalue weighted by atomic mass is 79.9. The maximum atomic E-state index is 12.7. The van der Waals surface area contributed by atoms with E-state index in [1.807, 2.05) is 76.2 Å². The number of nitrogens with zero attached hydrogens (tertiary/aromatic N) is 4. The Bertz CT molecular complexity index is 1690. The van der Waals surface area contributed by atoms with Crippen molar-refractivity contribution in [2.45, 2.75) is 27.7 Å². The molecule has 2 aromatic heterocycles. The van der Waals surface area contributed by atoms with Crippen LogP contribution in [0.1, 0.15) is 28.1 Å². The number of hydrogen-bond donors (Lipinski definition) is 1. The molecule has 0 bridgehead atoms. The molecular weight excluding hydrogens is 594 g/mol. The first-order valence-corrected chi connectivity index (χ1v) is 13.8. The Morgan fingerprint density at radius 2 is 1.77 bits per heavy atom. The van der Waals surface area contributed by atoms with Crippen molar-refractivity contribution in [2.75, 3.05) is 0 Å². The molecule has 202 valence electrons. The van der Waals surface area contributed by atoms with Crippen LogP contribution in [0.15, 0.2) is 75.2 Å². The van der Waals surface area contributed by atoms with Crippen LogP contribution in [0.4, 0.5) is 11.4 Å². The molecule has 1 saturated heterocycles. The third-order valence-corrected chi connectivity index (χ3v) is 8.47. The van der Waals surface area contributed by atoms with Gasteiger partial charge in [0.25, 0.3) is 11.6 Å². The molecule has 11 heteroatoms. The molecule has 9 nitrogen and oxygen atoms in total. The SMILES string of the molecule is Cc1cc(N=C2NC(=O)/C(=C/c3cc(C)n(-c4ccc(Oc5ccc([N+](=O)[O-])cn5)cc4)c3C)S2)cc(C)c1Br. The molecular formula is C29H24BrN5O4S.